The van der Waals surface area contributed by atoms with E-state index in [1.54, 1.807) is 21.7 Å². The Balaban J connectivity index is 0.654. The lowest BCUT2D eigenvalue weighted by Crippen LogP contribution is -2.46. The Morgan fingerprint density at radius 3 is 2.11 bits per heavy atom. The first-order chi connectivity index (χ1) is 38.3. The second kappa shape index (κ2) is 28.9. The fourth-order valence-corrected chi connectivity index (χ4v) is 9.91. The van der Waals surface area contributed by atoms with Crippen LogP contribution >= 0.6 is 11.6 Å². The van der Waals surface area contributed by atoms with E-state index in [-0.39, 0.29) is 35.1 Å². The first-order valence-electron chi connectivity index (χ1n) is 28.0. The molecule has 0 aliphatic heterocycles. The van der Waals surface area contributed by atoms with Gasteiger partial charge in [0.1, 0.15) is 35.2 Å². The number of carbonyl (C=O) groups excluding carboxylic acids is 3. The van der Waals surface area contributed by atoms with Crippen LogP contribution in [0.2, 0.25) is 0 Å². The molecule has 3 heterocycles. The minimum atomic E-state index is -2.89. The van der Waals surface area contributed by atoms with Crippen LogP contribution in [0.3, 0.4) is 0 Å². The third-order valence-electron chi connectivity index (χ3n) is 14.4. The van der Waals surface area contributed by atoms with Crippen LogP contribution in [0.1, 0.15) is 151 Å². The average Bonchev–Trinajstić information content (AvgIpc) is 4.13. The van der Waals surface area contributed by atoms with Crippen molar-refractivity contribution in [1.82, 2.24) is 25.1 Å². The smallest absolute Gasteiger partial charge is 0.415 e. The van der Waals surface area contributed by atoms with Gasteiger partial charge in [-0.05, 0) is 163 Å². The van der Waals surface area contributed by atoms with Crippen molar-refractivity contribution in [1.29, 1.82) is 0 Å². The number of oxazole rings is 1. The molecule has 2 saturated carbocycles. The number of alkyl halides is 3. The summed E-state index contributed by atoms with van der Waals surface area (Å²) in [6.45, 7) is 9.03. The van der Waals surface area contributed by atoms with Crippen molar-refractivity contribution in [3.05, 3.63) is 127 Å². The Hall–Kier alpha value is -6.85. The van der Waals surface area contributed by atoms with Crippen LogP contribution in [-0.2, 0) is 16.1 Å². The molecule has 18 heteroatoms. The van der Waals surface area contributed by atoms with Crippen LogP contribution in [0.5, 0.6) is 17.2 Å². The first-order valence-corrected chi connectivity index (χ1v) is 28.5. The number of halogens is 3. The van der Waals surface area contributed by atoms with E-state index in [9.17, 15) is 23.2 Å². The maximum Gasteiger partial charge on any atom is 0.415 e. The molecule has 3 aromatic heterocycles. The standard InChI is InChI=1S/C61H75ClF2N8O7/c1-61(2,3)72(60(75)78-41-45-18-19-45)54-36-46(32-34-66-54)59-68-53(42-77-59)58(74)67-52-40-71(69-56(52)57(63)64)48-22-20-43(21-23-48)38-65-33-14-9-7-5-4-6-8-10-15-35-76-49-28-30-51(31-29-49)79-50-26-24-47(25-27-50)70(55(73)37-62)39-44-16-12-11-13-17-44/h11-13,16-17,24-32,34,36,40,42-43,45,48,57,65H,4-10,14-15,18-23,33,35,37-39,41H2,1-3H3,(H,67,74). The first kappa shape index (κ1) is 58.3. The van der Waals surface area contributed by atoms with Gasteiger partial charge in [0.05, 0.1) is 31.5 Å². The lowest BCUT2D eigenvalue weighted by atomic mass is 9.86. The van der Waals surface area contributed by atoms with E-state index in [2.05, 4.69) is 25.7 Å². The number of benzene rings is 3. The highest BCUT2D eigenvalue weighted by Gasteiger charge is 2.33. The highest BCUT2D eigenvalue weighted by Crippen LogP contribution is 2.36. The molecular weight excluding hydrogens is 1030 g/mol. The Morgan fingerprint density at radius 1 is 0.810 bits per heavy atom. The number of nitrogens with zero attached hydrogens (tertiary/aromatic N) is 6. The number of anilines is 3. The van der Waals surface area contributed by atoms with Gasteiger partial charge in [-0.15, -0.1) is 11.6 Å². The van der Waals surface area contributed by atoms with Crippen LogP contribution in [0.4, 0.5) is 30.8 Å². The van der Waals surface area contributed by atoms with Gasteiger partial charge in [0.25, 0.3) is 12.3 Å². The number of nitrogens with one attached hydrogen (secondary N) is 2. The molecule has 2 aliphatic carbocycles. The van der Waals surface area contributed by atoms with Crippen molar-refractivity contribution >= 4 is 46.7 Å². The molecule has 8 rings (SSSR count). The summed E-state index contributed by atoms with van der Waals surface area (Å²) in [6.07, 6.45) is 17.1. The van der Waals surface area contributed by atoms with E-state index in [1.165, 1.54) is 62.1 Å². The molecule has 3 amide bonds. The molecule has 0 saturated heterocycles. The highest BCUT2D eigenvalue weighted by atomic mass is 35.5. The van der Waals surface area contributed by atoms with Crippen molar-refractivity contribution in [2.75, 3.05) is 47.3 Å². The predicted octanol–water partition coefficient (Wildman–Crippen LogP) is 14.7. The lowest BCUT2D eigenvalue weighted by Gasteiger charge is -2.33. The van der Waals surface area contributed by atoms with E-state index < -0.39 is 29.7 Å². The number of ether oxygens (including phenoxy) is 3. The fourth-order valence-electron chi connectivity index (χ4n) is 9.76. The number of unbranched alkanes of at least 4 members (excludes halogenated alkanes) is 8. The zero-order chi connectivity index (χ0) is 55.6. The number of aromatic nitrogens is 4. The summed E-state index contributed by atoms with van der Waals surface area (Å²) in [5, 5.41) is 10.5. The van der Waals surface area contributed by atoms with Crippen molar-refractivity contribution < 1.29 is 41.8 Å². The molecule has 0 spiro atoms. The molecule has 2 aliphatic rings. The number of amides is 3. The Labute approximate surface area is 467 Å². The van der Waals surface area contributed by atoms with Crippen LogP contribution in [0.15, 0.2) is 114 Å². The van der Waals surface area contributed by atoms with Crippen LogP contribution in [0.25, 0.3) is 11.5 Å². The van der Waals surface area contributed by atoms with Crippen molar-refractivity contribution in [2.45, 2.75) is 142 Å². The Kier molecular flexibility index (Phi) is 21.3. The number of pyridine rings is 1. The summed E-state index contributed by atoms with van der Waals surface area (Å²) in [5.41, 5.74) is 0.936. The largest absolute Gasteiger partial charge is 0.494 e. The quantitative estimate of drug-likeness (QED) is 0.0339. The fraction of sp³-hybridized carbons (Fsp3) is 0.475. The molecule has 79 heavy (non-hydrogen) atoms. The van der Waals surface area contributed by atoms with Gasteiger partial charge in [-0.2, -0.15) is 5.10 Å². The molecule has 15 nitrogen and oxygen atoms in total. The molecule has 2 fully saturated rings. The van der Waals surface area contributed by atoms with Crippen LogP contribution < -0.4 is 29.9 Å². The van der Waals surface area contributed by atoms with Gasteiger partial charge < -0.3 is 34.2 Å². The molecule has 2 N–H and O–H groups in total. The predicted molar refractivity (Wildman–Crippen MR) is 303 cm³/mol. The monoisotopic (exact) mass is 1100 g/mol. The van der Waals surface area contributed by atoms with Gasteiger partial charge >= 0.3 is 6.09 Å². The van der Waals surface area contributed by atoms with Crippen molar-refractivity contribution in [3.63, 3.8) is 0 Å². The average molecular weight is 1110 g/mol. The second-order valence-electron chi connectivity index (χ2n) is 21.7. The third-order valence-corrected chi connectivity index (χ3v) is 14.6. The zero-order valence-corrected chi connectivity index (χ0v) is 46.5. The maximum absolute atomic E-state index is 14.3. The summed E-state index contributed by atoms with van der Waals surface area (Å²) in [4.78, 5) is 51.0. The van der Waals surface area contributed by atoms with Crippen LogP contribution in [0, 0.1) is 11.8 Å². The van der Waals surface area contributed by atoms with Gasteiger partial charge in [-0.3, -0.25) is 19.2 Å². The minimum absolute atomic E-state index is 0.0460. The lowest BCUT2D eigenvalue weighted by molar-refractivity contribution is -0.116. The summed E-state index contributed by atoms with van der Waals surface area (Å²) in [6, 6.07) is 28.1. The molecule has 0 radical (unpaired) electrons. The molecular formula is C61H75ClF2N8O7. The number of carbonyl (C=O) groups is 3. The SMILES string of the molecule is CC(C)(C)N(C(=O)OCC1CC1)c1cc(-c2nc(C(=O)Nc3cn(C4CCC(CNCCCCCCCCCCCOc5ccc(Oc6ccc(N(Cc7ccccc7)C(=O)CCl)cc6)cc5)CC4)nc3C(F)F)co2)ccn1. The molecule has 0 atom stereocenters. The zero-order valence-electron chi connectivity index (χ0n) is 45.7. The van der Waals surface area contributed by atoms with Crippen molar-refractivity contribution in [3.8, 4) is 28.7 Å². The number of hydrogen-bond acceptors (Lipinski definition) is 11. The molecule has 3 aromatic carbocycles. The highest BCUT2D eigenvalue weighted by molar-refractivity contribution is 6.29. The summed E-state index contributed by atoms with van der Waals surface area (Å²) < 4.78 is 53.4. The summed E-state index contributed by atoms with van der Waals surface area (Å²) >= 11 is 5.92. The summed E-state index contributed by atoms with van der Waals surface area (Å²) in [7, 11) is 0. The van der Waals surface area contributed by atoms with E-state index in [1.807, 2.05) is 99.6 Å². The van der Waals surface area contributed by atoms with Crippen LogP contribution in [-0.4, -0.2) is 75.4 Å². The second-order valence-corrected chi connectivity index (χ2v) is 22.0. The third kappa shape index (κ3) is 17.6. The van der Waals surface area contributed by atoms with E-state index in [0.29, 0.717) is 54.5 Å². The molecule has 6 aromatic rings. The van der Waals surface area contributed by atoms with Gasteiger partial charge in [0, 0.05) is 29.2 Å². The number of rotatable bonds is 29. The maximum atomic E-state index is 14.3. The van der Waals surface area contributed by atoms with Gasteiger partial charge in [0.2, 0.25) is 11.8 Å². The minimum Gasteiger partial charge on any atom is -0.494 e. The summed E-state index contributed by atoms with van der Waals surface area (Å²) in [5.74, 6) is 2.54. The van der Waals surface area contributed by atoms with Gasteiger partial charge in [-0.1, -0.05) is 75.3 Å². The van der Waals surface area contributed by atoms with Crippen molar-refractivity contribution in [2.24, 2.45) is 11.8 Å². The molecule has 0 unspecified atom stereocenters. The Morgan fingerprint density at radius 2 is 1.46 bits per heavy atom. The van der Waals surface area contributed by atoms with Gasteiger partial charge in [0.15, 0.2) is 11.4 Å². The van der Waals surface area contributed by atoms with E-state index in [4.69, 9.17) is 30.2 Å². The topological polar surface area (TPSA) is 166 Å². The van der Waals surface area contributed by atoms with E-state index >= 15 is 0 Å². The molecule has 422 valence electrons. The van der Waals surface area contributed by atoms with Gasteiger partial charge in [-0.25, -0.2) is 23.5 Å². The number of hydrogen-bond donors (Lipinski definition) is 2. The normalized spacial score (nSPS) is 15.4. The molecule has 0 bridgehead atoms. The Bertz CT molecular complexity index is 2850. The van der Waals surface area contributed by atoms with E-state index in [0.717, 1.165) is 87.9 Å².